The lowest BCUT2D eigenvalue weighted by molar-refractivity contribution is -0.122. The maximum atomic E-state index is 13.1. The Balaban J connectivity index is 1.29. The number of thiazole rings is 1. The van der Waals surface area contributed by atoms with Crippen molar-refractivity contribution in [1.29, 1.82) is 0 Å². The number of carbonyl (C=O) groups excluding carboxylic acids is 2. The highest BCUT2D eigenvalue weighted by molar-refractivity contribution is 7.10. The number of tetrazole rings is 1. The molecule has 0 aliphatic rings. The molecule has 0 spiro atoms. The zero-order chi connectivity index (χ0) is 24.6. The van der Waals surface area contributed by atoms with Gasteiger partial charge < -0.3 is 10.1 Å². The summed E-state index contributed by atoms with van der Waals surface area (Å²) in [5, 5.41) is 17.4. The number of nitrogens with zero attached hydrogens (tertiary/aromatic N) is 5. The summed E-state index contributed by atoms with van der Waals surface area (Å²) in [5.41, 5.74) is 2.41. The fraction of sp³-hybridized carbons (Fsp3) is 0.250. The number of aromatic nitrogens is 5. The Labute approximate surface area is 205 Å². The number of amides is 1. The van der Waals surface area contributed by atoms with Crippen molar-refractivity contribution in [2.24, 2.45) is 0 Å². The molecule has 1 atom stereocenters. The highest BCUT2D eigenvalue weighted by atomic mass is 32.1. The molecule has 0 saturated carbocycles. The van der Waals surface area contributed by atoms with Gasteiger partial charge in [0.15, 0.2) is 11.6 Å². The Kier molecular flexibility index (Phi) is 7.88. The number of ether oxygens (including phenoxy) is 1. The quantitative estimate of drug-likeness (QED) is 0.357. The molecule has 2 aromatic heterocycles. The SMILES string of the molecule is CCC(NC(=O)OCc1ccccc1)C(=O)Cn1nnc(Cc2nc(-c3ccc(F)cc3)cs2)n1. The van der Waals surface area contributed by atoms with Gasteiger partial charge in [0.25, 0.3) is 0 Å². The minimum atomic E-state index is -0.732. The summed E-state index contributed by atoms with van der Waals surface area (Å²) < 4.78 is 18.3. The van der Waals surface area contributed by atoms with E-state index in [2.05, 4.69) is 25.7 Å². The zero-order valence-electron chi connectivity index (χ0n) is 18.9. The average molecular weight is 495 g/mol. The molecule has 0 aliphatic heterocycles. The zero-order valence-corrected chi connectivity index (χ0v) is 19.7. The number of nitrogens with one attached hydrogen (secondary N) is 1. The Morgan fingerprint density at radius 3 is 2.66 bits per heavy atom. The van der Waals surface area contributed by atoms with Crippen molar-refractivity contribution in [3.05, 3.63) is 82.2 Å². The lowest BCUT2D eigenvalue weighted by Gasteiger charge is -2.15. The molecule has 9 nitrogen and oxygen atoms in total. The van der Waals surface area contributed by atoms with Crippen LogP contribution in [0.15, 0.2) is 60.0 Å². The molecule has 35 heavy (non-hydrogen) atoms. The van der Waals surface area contributed by atoms with Crippen LogP contribution >= 0.6 is 11.3 Å². The molecule has 2 aromatic carbocycles. The second-order valence-corrected chi connectivity index (χ2v) is 8.62. The highest BCUT2D eigenvalue weighted by Gasteiger charge is 2.21. The molecule has 0 aliphatic carbocycles. The van der Waals surface area contributed by atoms with E-state index in [9.17, 15) is 14.0 Å². The van der Waals surface area contributed by atoms with Gasteiger partial charge in [-0.05, 0) is 41.5 Å². The van der Waals surface area contributed by atoms with E-state index in [1.807, 2.05) is 35.7 Å². The van der Waals surface area contributed by atoms with Crippen LogP contribution in [0.2, 0.25) is 0 Å². The van der Waals surface area contributed by atoms with E-state index in [4.69, 9.17) is 4.74 Å². The summed E-state index contributed by atoms with van der Waals surface area (Å²) in [6.07, 6.45) is 0.0787. The Morgan fingerprint density at radius 2 is 1.91 bits per heavy atom. The lowest BCUT2D eigenvalue weighted by Crippen LogP contribution is -2.42. The second kappa shape index (κ2) is 11.4. The van der Waals surface area contributed by atoms with Crippen molar-refractivity contribution in [2.45, 2.75) is 39.0 Å². The van der Waals surface area contributed by atoms with Crippen molar-refractivity contribution in [2.75, 3.05) is 0 Å². The third-order valence-corrected chi connectivity index (χ3v) is 5.94. The van der Waals surface area contributed by atoms with E-state index in [-0.39, 0.29) is 24.8 Å². The van der Waals surface area contributed by atoms with E-state index in [0.29, 0.717) is 18.7 Å². The molecule has 180 valence electrons. The Morgan fingerprint density at radius 1 is 1.14 bits per heavy atom. The van der Waals surface area contributed by atoms with Gasteiger partial charge in [-0.3, -0.25) is 4.79 Å². The fourth-order valence-electron chi connectivity index (χ4n) is 3.26. The van der Waals surface area contributed by atoms with Gasteiger partial charge in [-0.1, -0.05) is 37.3 Å². The first kappa shape index (κ1) is 24.1. The molecule has 4 rings (SSSR count). The molecule has 0 fully saturated rings. The first-order valence-corrected chi connectivity index (χ1v) is 11.8. The summed E-state index contributed by atoms with van der Waals surface area (Å²) in [7, 11) is 0. The summed E-state index contributed by atoms with van der Waals surface area (Å²) in [6, 6.07) is 14.7. The minimum absolute atomic E-state index is 0.116. The van der Waals surface area contributed by atoms with Crippen LogP contribution in [0.3, 0.4) is 0 Å². The van der Waals surface area contributed by atoms with Gasteiger partial charge in [-0.25, -0.2) is 14.2 Å². The number of Topliss-reactive ketones (excluding diaryl/α,β-unsaturated/α-hetero) is 1. The Hall–Kier alpha value is -3.99. The summed E-state index contributed by atoms with van der Waals surface area (Å²) in [6.45, 7) is 1.77. The van der Waals surface area contributed by atoms with Crippen molar-refractivity contribution in [3.63, 3.8) is 0 Å². The normalized spacial score (nSPS) is 11.7. The molecule has 11 heteroatoms. The largest absolute Gasteiger partial charge is 0.445 e. The van der Waals surface area contributed by atoms with E-state index < -0.39 is 12.1 Å². The van der Waals surface area contributed by atoms with Crippen LogP contribution in [-0.4, -0.2) is 43.1 Å². The maximum absolute atomic E-state index is 13.1. The fourth-order valence-corrected chi connectivity index (χ4v) is 4.06. The third kappa shape index (κ3) is 6.76. The van der Waals surface area contributed by atoms with E-state index in [1.54, 1.807) is 19.1 Å². The van der Waals surface area contributed by atoms with Crippen LogP contribution in [0.4, 0.5) is 9.18 Å². The number of benzene rings is 2. The standard InChI is InChI=1S/C24H23FN6O3S/c1-2-19(27-24(33)34-14-16-6-4-3-5-7-16)21(32)13-31-29-22(28-30-31)12-23-26-20(15-35-23)17-8-10-18(25)11-9-17/h3-11,15,19H,2,12-14H2,1H3,(H,27,33). The minimum Gasteiger partial charge on any atom is -0.445 e. The number of rotatable bonds is 10. The molecular weight excluding hydrogens is 471 g/mol. The van der Waals surface area contributed by atoms with Crippen LogP contribution < -0.4 is 5.32 Å². The third-order valence-electron chi connectivity index (χ3n) is 5.09. The monoisotopic (exact) mass is 494 g/mol. The van der Waals surface area contributed by atoms with Gasteiger partial charge in [0.2, 0.25) is 0 Å². The van der Waals surface area contributed by atoms with Crippen molar-refractivity contribution in [1.82, 2.24) is 30.5 Å². The van der Waals surface area contributed by atoms with Gasteiger partial charge in [0.1, 0.15) is 24.0 Å². The predicted octanol–water partition coefficient (Wildman–Crippen LogP) is 3.80. The number of ketones is 1. The Bertz CT molecular complexity index is 1280. The van der Waals surface area contributed by atoms with Gasteiger partial charge in [0, 0.05) is 10.9 Å². The van der Waals surface area contributed by atoms with Crippen molar-refractivity contribution >= 4 is 23.2 Å². The molecule has 1 unspecified atom stereocenters. The molecule has 1 amide bonds. The molecule has 0 saturated heterocycles. The first-order valence-electron chi connectivity index (χ1n) is 11.0. The van der Waals surface area contributed by atoms with Crippen molar-refractivity contribution in [3.8, 4) is 11.3 Å². The van der Waals surface area contributed by atoms with E-state index in [1.165, 1.54) is 28.3 Å². The molecule has 0 bridgehead atoms. The molecule has 4 aromatic rings. The second-order valence-electron chi connectivity index (χ2n) is 7.68. The highest BCUT2D eigenvalue weighted by Crippen LogP contribution is 2.23. The van der Waals surface area contributed by atoms with Crippen LogP contribution in [-0.2, 0) is 29.1 Å². The van der Waals surface area contributed by atoms with E-state index >= 15 is 0 Å². The first-order chi connectivity index (χ1) is 17.0. The van der Waals surface area contributed by atoms with Crippen molar-refractivity contribution < 1.29 is 18.7 Å². The molecule has 1 N–H and O–H groups in total. The number of carbonyl (C=O) groups is 2. The number of hydrogen-bond acceptors (Lipinski definition) is 8. The molecule has 0 radical (unpaired) electrons. The average Bonchev–Trinajstić information content (AvgIpc) is 3.52. The summed E-state index contributed by atoms with van der Waals surface area (Å²) in [4.78, 5) is 30.5. The van der Waals surface area contributed by atoms with Gasteiger partial charge in [-0.2, -0.15) is 4.80 Å². The van der Waals surface area contributed by atoms with Gasteiger partial charge >= 0.3 is 6.09 Å². The van der Waals surface area contributed by atoms with Crippen LogP contribution in [0.25, 0.3) is 11.3 Å². The van der Waals surface area contributed by atoms with Crippen LogP contribution in [0.5, 0.6) is 0 Å². The predicted molar refractivity (Wildman–Crippen MR) is 127 cm³/mol. The smallest absolute Gasteiger partial charge is 0.408 e. The van der Waals surface area contributed by atoms with Crippen LogP contribution in [0.1, 0.15) is 29.7 Å². The number of hydrogen-bond donors (Lipinski definition) is 1. The van der Waals surface area contributed by atoms with Crippen LogP contribution in [0, 0.1) is 5.82 Å². The topological polar surface area (TPSA) is 112 Å². The number of alkyl carbamates (subject to hydrolysis) is 1. The van der Waals surface area contributed by atoms with Gasteiger partial charge in [0.05, 0.1) is 18.2 Å². The number of halogens is 1. The van der Waals surface area contributed by atoms with E-state index in [0.717, 1.165) is 21.8 Å². The summed E-state index contributed by atoms with van der Waals surface area (Å²) in [5.74, 6) is -0.147. The molecular formula is C24H23FN6O3S. The summed E-state index contributed by atoms with van der Waals surface area (Å²) >= 11 is 1.43. The molecule has 2 heterocycles. The van der Waals surface area contributed by atoms with Gasteiger partial charge in [-0.15, -0.1) is 21.5 Å². The lowest BCUT2D eigenvalue weighted by atomic mass is 10.1. The maximum Gasteiger partial charge on any atom is 0.408 e.